The van der Waals surface area contributed by atoms with Crippen LogP contribution in [0, 0.1) is 0 Å². The highest BCUT2D eigenvalue weighted by atomic mass is 35.5. The van der Waals surface area contributed by atoms with E-state index < -0.39 is 0 Å². The zero-order valence-electron chi connectivity index (χ0n) is 17.2. The number of aromatic amines is 1. The van der Waals surface area contributed by atoms with Gasteiger partial charge < -0.3 is 14.7 Å². The van der Waals surface area contributed by atoms with Crippen molar-refractivity contribution in [3.63, 3.8) is 0 Å². The standard InChI is InChI=1S/C25H20ClN3O3/c1-32-18-10-7-15(8-11-18)14-29-24(16-5-3-2-4-6-16)21-22(27-28-23(21)25(29)31)19-13-17(26)9-12-20(19)30/h2-13,24,30H,14H2,1H3,(H,27,28). The number of phenolic OH excluding ortho intramolecular Hbond substituents is 1. The predicted octanol–water partition coefficient (Wildman–Crippen LogP) is 5.19. The van der Waals surface area contributed by atoms with Crippen LogP contribution in [0.3, 0.4) is 0 Å². The van der Waals surface area contributed by atoms with Gasteiger partial charge in [-0.3, -0.25) is 9.89 Å². The molecule has 3 aromatic carbocycles. The van der Waals surface area contributed by atoms with Gasteiger partial charge in [0.05, 0.1) is 13.2 Å². The molecule has 160 valence electrons. The van der Waals surface area contributed by atoms with Gasteiger partial charge >= 0.3 is 0 Å². The number of rotatable bonds is 5. The zero-order valence-corrected chi connectivity index (χ0v) is 18.0. The molecule has 2 heterocycles. The topological polar surface area (TPSA) is 78.5 Å². The molecule has 2 N–H and O–H groups in total. The zero-order chi connectivity index (χ0) is 22.2. The van der Waals surface area contributed by atoms with E-state index in [2.05, 4.69) is 10.2 Å². The number of fused-ring (bicyclic) bond motifs is 1. The van der Waals surface area contributed by atoms with Crippen molar-refractivity contribution in [1.82, 2.24) is 15.1 Å². The number of aromatic hydroxyl groups is 1. The monoisotopic (exact) mass is 445 g/mol. The number of hydrogen-bond donors (Lipinski definition) is 2. The molecule has 0 saturated heterocycles. The SMILES string of the molecule is COc1ccc(CN2C(=O)c3[nH]nc(-c4cc(Cl)ccc4O)c3C2c2ccccc2)cc1. The molecule has 7 heteroatoms. The number of halogens is 1. The lowest BCUT2D eigenvalue weighted by Gasteiger charge is -2.26. The summed E-state index contributed by atoms with van der Waals surface area (Å²) >= 11 is 6.19. The fourth-order valence-electron chi connectivity index (χ4n) is 4.17. The Morgan fingerprint density at radius 3 is 2.56 bits per heavy atom. The molecule has 4 aromatic rings. The number of nitrogens with zero attached hydrogens (tertiary/aromatic N) is 2. The number of carbonyl (C=O) groups is 1. The van der Waals surface area contributed by atoms with Crippen LogP contribution in [-0.4, -0.2) is 33.2 Å². The van der Waals surface area contributed by atoms with Crippen LogP contribution >= 0.6 is 11.6 Å². The van der Waals surface area contributed by atoms with Gasteiger partial charge in [0.15, 0.2) is 0 Å². The Hall–Kier alpha value is -3.77. The summed E-state index contributed by atoms with van der Waals surface area (Å²) in [5.74, 6) is 0.663. The Labute approximate surface area is 190 Å². The van der Waals surface area contributed by atoms with Crippen molar-refractivity contribution in [2.24, 2.45) is 0 Å². The minimum absolute atomic E-state index is 0.0524. The van der Waals surface area contributed by atoms with E-state index >= 15 is 0 Å². The predicted molar refractivity (Wildman–Crippen MR) is 122 cm³/mol. The molecule has 1 aromatic heterocycles. The highest BCUT2D eigenvalue weighted by molar-refractivity contribution is 6.31. The average molecular weight is 446 g/mol. The van der Waals surface area contributed by atoms with E-state index in [9.17, 15) is 9.90 Å². The molecule has 0 fully saturated rings. The largest absolute Gasteiger partial charge is 0.507 e. The summed E-state index contributed by atoms with van der Waals surface area (Å²) < 4.78 is 5.25. The van der Waals surface area contributed by atoms with Crippen LogP contribution in [-0.2, 0) is 6.54 Å². The van der Waals surface area contributed by atoms with Crippen LogP contribution in [0.1, 0.15) is 33.2 Å². The summed E-state index contributed by atoms with van der Waals surface area (Å²) in [5, 5.41) is 18.3. The minimum atomic E-state index is -0.368. The average Bonchev–Trinajstić information content (AvgIpc) is 3.36. The fourth-order valence-corrected chi connectivity index (χ4v) is 4.34. The van der Waals surface area contributed by atoms with E-state index in [0.29, 0.717) is 28.5 Å². The van der Waals surface area contributed by atoms with E-state index in [-0.39, 0.29) is 17.7 Å². The summed E-state index contributed by atoms with van der Waals surface area (Å²) in [7, 11) is 1.62. The molecule has 1 aliphatic rings. The van der Waals surface area contributed by atoms with Crippen LogP contribution in [0.25, 0.3) is 11.3 Å². The number of benzene rings is 3. The van der Waals surface area contributed by atoms with E-state index in [1.807, 2.05) is 59.5 Å². The van der Waals surface area contributed by atoms with Gasteiger partial charge in [-0.2, -0.15) is 5.10 Å². The van der Waals surface area contributed by atoms with Crippen molar-refractivity contribution >= 4 is 17.5 Å². The van der Waals surface area contributed by atoms with Crippen LogP contribution < -0.4 is 4.74 Å². The Bertz CT molecular complexity index is 1290. The summed E-state index contributed by atoms with van der Waals surface area (Å²) in [4.78, 5) is 15.3. The van der Waals surface area contributed by atoms with Crippen molar-refractivity contribution in [2.75, 3.05) is 7.11 Å². The normalized spacial score (nSPS) is 15.1. The van der Waals surface area contributed by atoms with Crippen LogP contribution in [0.4, 0.5) is 0 Å². The summed E-state index contributed by atoms with van der Waals surface area (Å²) in [6.07, 6.45) is 0. The maximum Gasteiger partial charge on any atom is 0.273 e. The van der Waals surface area contributed by atoms with Crippen LogP contribution in [0.5, 0.6) is 11.5 Å². The number of nitrogens with one attached hydrogen (secondary N) is 1. The highest BCUT2D eigenvalue weighted by Crippen LogP contribution is 2.45. The second kappa shape index (κ2) is 8.05. The highest BCUT2D eigenvalue weighted by Gasteiger charge is 2.42. The second-order valence-electron chi connectivity index (χ2n) is 7.62. The molecular weight excluding hydrogens is 426 g/mol. The number of amides is 1. The smallest absolute Gasteiger partial charge is 0.273 e. The van der Waals surface area contributed by atoms with Crippen molar-refractivity contribution < 1.29 is 14.6 Å². The Morgan fingerprint density at radius 1 is 1.09 bits per heavy atom. The van der Waals surface area contributed by atoms with Gasteiger partial charge in [0.2, 0.25) is 0 Å². The van der Waals surface area contributed by atoms with E-state index in [1.54, 1.807) is 19.2 Å². The first kappa shape index (κ1) is 20.2. The molecule has 0 saturated carbocycles. The number of hydrogen-bond acceptors (Lipinski definition) is 4. The van der Waals surface area contributed by atoms with Crippen LogP contribution in [0.2, 0.25) is 5.02 Å². The van der Waals surface area contributed by atoms with Gasteiger partial charge in [-0.05, 0) is 41.5 Å². The molecule has 1 aliphatic heterocycles. The van der Waals surface area contributed by atoms with E-state index in [0.717, 1.165) is 22.4 Å². The number of H-pyrrole nitrogens is 1. The lowest BCUT2D eigenvalue weighted by molar-refractivity contribution is 0.0730. The molecule has 0 radical (unpaired) electrons. The molecule has 32 heavy (non-hydrogen) atoms. The molecule has 0 aliphatic carbocycles. The lowest BCUT2D eigenvalue weighted by atomic mass is 9.95. The van der Waals surface area contributed by atoms with Crippen molar-refractivity contribution in [3.05, 3.63) is 100 Å². The number of carbonyl (C=O) groups excluding carboxylic acids is 1. The molecule has 1 amide bonds. The summed E-state index contributed by atoms with van der Waals surface area (Å²) in [6.45, 7) is 0.409. The van der Waals surface area contributed by atoms with Gasteiger partial charge in [0, 0.05) is 22.7 Å². The number of methoxy groups -OCH3 is 1. The molecule has 6 nitrogen and oxygen atoms in total. The van der Waals surface area contributed by atoms with E-state index in [4.69, 9.17) is 16.3 Å². The minimum Gasteiger partial charge on any atom is -0.507 e. The maximum absolute atomic E-state index is 13.4. The quantitative estimate of drug-likeness (QED) is 0.443. The first-order valence-electron chi connectivity index (χ1n) is 10.1. The molecule has 0 spiro atoms. The molecule has 1 unspecified atom stereocenters. The van der Waals surface area contributed by atoms with Gasteiger partial charge in [0.1, 0.15) is 22.9 Å². The summed E-state index contributed by atoms with van der Waals surface area (Å²) in [5.41, 5.74) is 4.08. The van der Waals surface area contributed by atoms with Crippen molar-refractivity contribution in [3.8, 4) is 22.8 Å². The third kappa shape index (κ3) is 3.39. The molecule has 5 rings (SSSR count). The number of aromatic nitrogens is 2. The maximum atomic E-state index is 13.4. The fraction of sp³-hybridized carbons (Fsp3) is 0.120. The van der Waals surface area contributed by atoms with Gasteiger partial charge in [-0.15, -0.1) is 0 Å². The molecule has 0 bridgehead atoms. The second-order valence-corrected chi connectivity index (χ2v) is 8.05. The Kier molecular flexibility index (Phi) is 5.07. The molecular formula is C25H20ClN3O3. The van der Waals surface area contributed by atoms with Gasteiger partial charge in [-0.1, -0.05) is 54.1 Å². The van der Waals surface area contributed by atoms with Gasteiger partial charge in [0.25, 0.3) is 5.91 Å². The van der Waals surface area contributed by atoms with Gasteiger partial charge in [-0.25, -0.2) is 0 Å². The third-order valence-corrected chi connectivity index (χ3v) is 5.94. The third-order valence-electron chi connectivity index (χ3n) is 5.70. The Morgan fingerprint density at radius 2 is 1.84 bits per heavy atom. The van der Waals surface area contributed by atoms with Crippen molar-refractivity contribution in [2.45, 2.75) is 12.6 Å². The number of ether oxygens (including phenoxy) is 1. The lowest BCUT2D eigenvalue weighted by Crippen LogP contribution is -2.29. The van der Waals surface area contributed by atoms with E-state index in [1.165, 1.54) is 6.07 Å². The number of phenols is 1. The first-order valence-corrected chi connectivity index (χ1v) is 10.5. The molecule has 1 atom stereocenters. The first-order chi connectivity index (χ1) is 15.6. The van der Waals surface area contributed by atoms with Crippen LogP contribution in [0.15, 0.2) is 72.8 Å². The summed E-state index contributed by atoms with van der Waals surface area (Å²) in [6, 6.07) is 21.9. The van der Waals surface area contributed by atoms with Crippen molar-refractivity contribution in [1.29, 1.82) is 0 Å². The Balaban J connectivity index is 1.63.